The van der Waals surface area contributed by atoms with Crippen LogP contribution in [0.4, 0.5) is 0 Å². The topological polar surface area (TPSA) is 55.6 Å². The van der Waals surface area contributed by atoms with Crippen molar-refractivity contribution >= 4 is 5.91 Å². The first-order valence-electron chi connectivity index (χ1n) is 11.5. The van der Waals surface area contributed by atoms with Gasteiger partial charge in [0.05, 0.1) is 6.61 Å². The fourth-order valence-electron chi connectivity index (χ4n) is 6.36. The average molecular weight is 383 g/mol. The summed E-state index contributed by atoms with van der Waals surface area (Å²) in [7, 11) is 0. The van der Waals surface area contributed by atoms with Gasteiger partial charge in [-0.1, -0.05) is 31.4 Å². The lowest BCUT2D eigenvalue weighted by Gasteiger charge is -2.45. The number of hydrogen-bond acceptors (Lipinski definition) is 3. The van der Waals surface area contributed by atoms with Crippen LogP contribution in [0.2, 0.25) is 0 Å². The highest BCUT2D eigenvalue weighted by Gasteiger charge is 2.42. The first-order chi connectivity index (χ1) is 13.7. The zero-order valence-corrected chi connectivity index (χ0v) is 16.9. The molecule has 3 aliphatic carbocycles. The molecule has 152 valence electrons. The fraction of sp³-hybridized carbons (Fsp3) is 0.708. The number of carbonyl (C=O) groups excluding carboxylic acids is 1. The summed E-state index contributed by atoms with van der Waals surface area (Å²) < 4.78 is 5.66. The summed E-state index contributed by atoms with van der Waals surface area (Å²) in [5.74, 6) is 2.74. The van der Waals surface area contributed by atoms with Crippen LogP contribution in [0.3, 0.4) is 0 Å². The highest BCUT2D eigenvalue weighted by Crippen LogP contribution is 2.43. The molecule has 2 N–H and O–H groups in total. The maximum Gasteiger partial charge on any atom is 0.226 e. The van der Waals surface area contributed by atoms with Crippen molar-refractivity contribution in [2.24, 2.45) is 23.5 Å². The second-order valence-electron chi connectivity index (χ2n) is 9.64. The molecular weight excluding hydrogens is 348 g/mol. The zero-order chi connectivity index (χ0) is 19.1. The van der Waals surface area contributed by atoms with Crippen LogP contribution in [0.1, 0.15) is 68.9 Å². The molecule has 3 fully saturated rings. The van der Waals surface area contributed by atoms with Crippen LogP contribution < -0.4 is 10.5 Å². The van der Waals surface area contributed by atoms with Gasteiger partial charge in [0.2, 0.25) is 5.91 Å². The standard InChI is InChI=1S/C24H34N2O2/c25-23-18-4-3-5-19(23)14-20(13-18)24(27)26(21-6-1-2-7-21)15-16-8-9-22-17(12-16)10-11-28-22/h8-9,12,18-21,23H,1-7,10-11,13-15,25H2. The van der Waals surface area contributed by atoms with Gasteiger partial charge in [0.15, 0.2) is 0 Å². The summed E-state index contributed by atoms with van der Waals surface area (Å²) in [5, 5.41) is 0. The van der Waals surface area contributed by atoms with Crippen LogP contribution in [0.25, 0.3) is 0 Å². The van der Waals surface area contributed by atoms with Gasteiger partial charge in [-0.25, -0.2) is 0 Å². The van der Waals surface area contributed by atoms with Crippen molar-refractivity contribution in [3.63, 3.8) is 0 Å². The highest BCUT2D eigenvalue weighted by atomic mass is 16.5. The lowest BCUT2D eigenvalue weighted by molar-refractivity contribution is -0.141. The van der Waals surface area contributed by atoms with E-state index in [0.29, 0.717) is 29.8 Å². The molecule has 0 spiro atoms. The van der Waals surface area contributed by atoms with Crippen LogP contribution in [0.5, 0.6) is 5.75 Å². The van der Waals surface area contributed by atoms with Crippen LogP contribution >= 0.6 is 0 Å². The second-order valence-corrected chi connectivity index (χ2v) is 9.64. The van der Waals surface area contributed by atoms with E-state index in [4.69, 9.17) is 10.5 Å². The third-order valence-electron chi connectivity index (χ3n) is 7.92. The molecule has 5 rings (SSSR count). The predicted octanol–water partition coefficient (Wildman–Crippen LogP) is 4.05. The smallest absolute Gasteiger partial charge is 0.226 e. The van der Waals surface area contributed by atoms with Crippen LogP contribution in [0, 0.1) is 17.8 Å². The Morgan fingerprint density at radius 3 is 2.57 bits per heavy atom. The van der Waals surface area contributed by atoms with Gasteiger partial charge in [-0.05, 0) is 67.6 Å². The van der Waals surface area contributed by atoms with Crippen molar-refractivity contribution in [2.75, 3.05) is 6.61 Å². The Kier molecular flexibility index (Phi) is 5.08. The molecule has 2 atom stereocenters. The lowest BCUT2D eigenvalue weighted by atomic mass is 9.65. The molecule has 0 saturated heterocycles. The molecule has 4 nitrogen and oxygen atoms in total. The largest absolute Gasteiger partial charge is 0.493 e. The van der Waals surface area contributed by atoms with E-state index >= 15 is 0 Å². The number of rotatable bonds is 4. The molecule has 1 aromatic rings. The Bertz CT molecular complexity index is 713. The van der Waals surface area contributed by atoms with Crippen LogP contribution in [-0.4, -0.2) is 29.5 Å². The van der Waals surface area contributed by atoms with E-state index in [1.807, 2.05) is 0 Å². The number of nitrogens with two attached hydrogens (primary N) is 1. The molecule has 0 radical (unpaired) electrons. The number of amides is 1. The summed E-state index contributed by atoms with van der Waals surface area (Å²) in [6.45, 7) is 1.55. The van der Waals surface area contributed by atoms with Gasteiger partial charge in [0, 0.05) is 31.0 Å². The zero-order valence-electron chi connectivity index (χ0n) is 16.9. The summed E-state index contributed by atoms with van der Waals surface area (Å²) in [6.07, 6.45) is 11.6. The van der Waals surface area contributed by atoms with E-state index in [-0.39, 0.29) is 5.92 Å². The molecular formula is C24H34N2O2. The van der Waals surface area contributed by atoms with Gasteiger partial charge < -0.3 is 15.4 Å². The number of hydrogen-bond donors (Lipinski definition) is 1. The van der Waals surface area contributed by atoms with E-state index in [9.17, 15) is 4.79 Å². The van der Waals surface area contributed by atoms with E-state index in [1.54, 1.807) is 0 Å². The van der Waals surface area contributed by atoms with Crippen molar-refractivity contribution < 1.29 is 9.53 Å². The number of carbonyl (C=O) groups is 1. The Morgan fingerprint density at radius 2 is 1.82 bits per heavy atom. The molecule has 1 aliphatic heterocycles. The van der Waals surface area contributed by atoms with E-state index in [1.165, 1.54) is 56.1 Å². The maximum atomic E-state index is 13.7. The van der Waals surface area contributed by atoms with E-state index in [2.05, 4.69) is 23.1 Å². The second kappa shape index (κ2) is 7.70. The van der Waals surface area contributed by atoms with Gasteiger partial charge in [0.1, 0.15) is 5.75 Å². The maximum absolute atomic E-state index is 13.7. The van der Waals surface area contributed by atoms with Gasteiger partial charge in [0.25, 0.3) is 0 Å². The Morgan fingerprint density at radius 1 is 1.07 bits per heavy atom. The van der Waals surface area contributed by atoms with Gasteiger partial charge in [-0.2, -0.15) is 0 Å². The number of fused-ring (bicyclic) bond motifs is 3. The minimum Gasteiger partial charge on any atom is -0.493 e. The molecule has 1 amide bonds. The number of ether oxygens (including phenoxy) is 1. The quantitative estimate of drug-likeness (QED) is 0.855. The summed E-state index contributed by atoms with van der Waals surface area (Å²) in [5.41, 5.74) is 9.05. The molecule has 1 aromatic carbocycles. The molecule has 3 saturated carbocycles. The SMILES string of the molecule is NC1C2CCCC1CC(C(=O)N(Cc1ccc3c(c1)CCO3)C1CCCC1)C2. The molecule has 2 bridgehead atoms. The first kappa shape index (κ1) is 18.5. The molecule has 1 heterocycles. The minimum absolute atomic E-state index is 0.188. The lowest BCUT2D eigenvalue weighted by Crippen LogP contribution is -2.50. The minimum atomic E-state index is 0.188. The Labute approximate surface area is 168 Å². The first-order valence-corrected chi connectivity index (χ1v) is 11.5. The third kappa shape index (κ3) is 3.45. The van der Waals surface area contributed by atoms with Crippen molar-refractivity contribution in [3.05, 3.63) is 29.3 Å². The predicted molar refractivity (Wildman–Crippen MR) is 110 cm³/mol. The van der Waals surface area contributed by atoms with Crippen molar-refractivity contribution in [3.8, 4) is 5.75 Å². The Balaban J connectivity index is 1.35. The van der Waals surface area contributed by atoms with Gasteiger partial charge in [-0.3, -0.25) is 4.79 Å². The monoisotopic (exact) mass is 382 g/mol. The molecule has 4 heteroatoms. The van der Waals surface area contributed by atoms with E-state index in [0.717, 1.165) is 38.2 Å². The Hall–Kier alpha value is -1.55. The third-order valence-corrected chi connectivity index (χ3v) is 7.92. The molecule has 0 aromatic heterocycles. The van der Waals surface area contributed by atoms with Gasteiger partial charge >= 0.3 is 0 Å². The van der Waals surface area contributed by atoms with Gasteiger partial charge in [-0.15, -0.1) is 0 Å². The molecule has 28 heavy (non-hydrogen) atoms. The summed E-state index contributed by atoms with van der Waals surface area (Å²) in [4.78, 5) is 16.0. The molecule has 4 aliphatic rings. The normalized spacial score (nSPS) is 32.0. The summed E-state index contributed by atoms with van der Waals surface area (Å²) in [6, 6.07) is 7.27. The van der Waals surface area contributed by atoms with E-state index < -0.39 is 0 Å². The van der Waals surface area contributed by atoms with Crippen molar-refractivity contribution in [2.45, 2.75) is 82.8 Å². The van der Waals surface area contributed by atoms with Crippen LogP contribution in [0.15, 0.2) is 18.2 Å². The summed E-state index contributed by atoms with van der Waals surface area (Å²) >= 11 is 0. The number of benzene rings is 1. The number of nitrogens with zero attached hydrogens (tertiary/aromatic N) is 1. The van der Waals surface area contributed by atoms with Crippen molar-refractivity contribution in [1.82, 2.24) is 4.90 Å². The average Bonchev–Trinajstić information content (AvgIpc) is 3.37. The van der Waals surface area contributed by atoms with Crippen LogP contribution in [-0.2, 0) is 17.8 Å². The fourth-order valence-corrected chi connectivity index (χ4v) is 6.36. The highest BCUT2D eigenvalue weighted by molar-refractivity contribution is 5.79. The molecule has 2 unspecified atom stereocenters. The van der Waals surface area contributed by atoms with Crippen molar-refractivity contribution in [1.29, 1.82) is 0 Å².